The maximum atomic E-state index is 4.21. The molecule has 0 spiro atoms. The van der Waals surface area contributed by atoms with Crippen molar-refractivity contribution in [2.45, 2.75) is 6.92 Å². The van der Waals surface area contributed by atoms with E-state index in [9.17, 15) is 0 Å². The van der Waals surface area contributed by atoms with Crippen molar-refractivity contribution < 1.29 is 0 Å². The molecule has 0 saturated carbocycles. The van der Waals surface area contributed by atoms with Crippen LogP contribution in [0.5, 0.6) is 0 Å². The number of aryl methyl sites for hydroxylation is 1. The summed E-state index contributed by atoms with van der Waals surface area (Å²) in [6.07, 6.45) is 1.67. The van der Waals surface area contributed by atoms with Gasteiger partial charge in [-0.2, -0.15) is 0 Å². The minimum absolute atomic E-state index is 0.917. The van der Waals surface area contributed by atoms with Crippen molar-refractivity contribution in [1.29, 1.82) is 0 Å². The van der Waals surface area contributed by atoms with Crippen LogP contribution in [0.4, 0.5) is 5.69 Å². The van der Waals surface area contributed by atoms with Gasteiger partial charge in [0, 0.05) is 11.3 Å². The van der Waals surface area contributed by atoms with Gasteiger partial charge in [-0.3, -0.25) is 0 Å². The molecule has 2 heteroatoms. The lowest BCUT2D eigenvalue weighted by molar-refractivity contribution is 1.26. The van der Waals surface area contributed by atoms with E-state index in [1.165, 1.54) is 5.56 Å². The highest BCUT2D eigenvalue weighted by Crippen LogP contribution is 2.26. The topological polar surface area (TPSA) is 24.4 Å². The van der Waals surface area contributed by atoms with E-state index in [2.05, 4.69) is 35.9 Å². The standard InChI is InChI=1S/C10H10N2/c1-7-3-4-9-8(2)11-6-12-10(9)5-7/h3-6H,2H2,1H3,(H,11,12). The Bertz CT molecular complexity index is 364. The molecule has 0 amide bonds. The van der Waals surface area contributed by atoms with Crippen molar-refractivity contribution in [3.63, 3.8) is 0 Å². The van der Waals surface area contributed by atoms with Crippen LogP contribution >= 0.6 is 0 Å². The Balaban J connectivity index is 2.62. The van der Waals surface area contributed by atoms with Crippen LogP contribution in [0.3, 0.4) is 0 Å². The van der Waals surface area contributed by atoms with E-state index in [4.69, 9.17) is 0 Å². The average Bonchev–Trinajstić information content (AvgIpc) is 2.04. The fraction of sp³-hybridized carbons (Fsp3) is 0.100. The van der Waals surface area contributed by atoms with Gasteiger partial charge in [0.05, 0.1) is 12.0 Å². The van der Waals surface area contributed by atoms with E-state index >= 15 is 0 Å². The first-order valence-corrected chi connectivity index (χ1v) is 3.86. The lowest BCUT2D eigenvalue weighted by atomic mass is 10.1. The fourth-order valence-corrected chi connectivity index (χ4v) is 1.26. The summed E-state index contributed by atoms with van der Waals surface area (Å²) in [5.41, 5.74) is 4.22. The Labute approximate surface area is 71.6 Å². The molecular formula is C10H10N2. The second-order valence-corrected chi connectivity index (χ2v) is 2.90. The van der Waals surface area contributed by atoms with Gasteiger partial charge in [-0.25, -0.2) is 4.99 Å². The van der Waals surface area contributed by atoms with Gasteiger partial charge in [-0.1, -0.05) is 18.7 Å². The number of hydrogen-bond donors (Lipinski definition) is 1. The quantitative estimate of drug-likeness (QED) is 0.615. The zero-order chi connectivity index (χ0) is 8.55. The third kappa shape index (κ3) is 1.01. The maximum absolute atomic E-state index is 4.21. The summed E-state index contributed by atoms with van der Waals surface area (Å²) in [5.74, 6) is 0. The van der Waals surface area contributed by atoms with Gasteiger partial charge < -0.3 is 5.32 Å². The van der Waals surface area contributed by atoms with Gasteiger partial charge in [0.15, 0.2) is 0 Å². The number of benzene rings is 1. The molecule has 1 aromatic carbocycles. The molecule has 0 unspecified atom stereocenters. The Morgan fingerprint density at radius 1 is 1.42 bits per heavy atom. The zero-order valence-electron chi connectivity index (χ0n) is 6.96. The Morgan fingerprint density at radius 2 is 2.25 bits per heavy atom. The molecule has 0 aliphatic carbocycles. The van der Waals surface area contributed by atoms with Crippen molar-refractivity contribution >= 4 is 17.7 Å². The van der Waals surface area contributed by atoms with Crippen LogP contribution in [0.15, 0.2) is 29.8 Å². The van der Waals surface area contributed by atoms with Gasteiger partial charge in [0.25, 0.3) is 0 Å². The monoisotopic (exact) mass is 158 g/mol. The van der Waals surface area contributed by atoms with E-state index in [1.807, 2.05) is 6.07 Å². The molecular weight excluding hydrogens is 148 g/mol. The summed E-state index contributed by atoms with van der Waals surface area (Å²) in [7, 11) is 0. The highest BCUT2D eigenvalue weighted by atomic mass is 15.0. The molecule has 12 heavy (non-hydrogen) atoms. The average molecular weight is 158 g/mol. The molecule has 0 fully saturated rings. The second-order valence-electron chi connectivity index (χ2n) is 2.90. The maximum Gasteiger partial charge on any atom is 0.0930 e. The van der Waals surface area contributed by atoms with E-state index in [1.54, 1.807) is 6.34 Å². The Hall–Kier alpha value is -1.57. The van der Waals surface area contributed by atoms with Crippen molar-refractivity contribution in [3.8, 4) is 0 Å². The van der Waals surface area contributed by atoms with Crippen molar-refractivity contribution in [2.75, 3.05) is 0 Å². The summed E-state index contributed by atoms with van der Waals surface area (Å²) >= 11 is 0. The molecule has 0 saturated heterocycles. The smallest absolute Gasteiger partial charge is 0.0930 e. The van der Waals surface area contributed by atoms with E-state index in [0.29, 0.717) is 0 Å². The lowest BCUT2D eigenvalue weighted by Gasteiger charge is -2.13. The van der Waals surface area contributed by atoms with Crippen molar-refractivity contribution in [1.82, 2.24) is 5.32 Å². The normalized spacial score (nSPS) is 13.9. The number of hydrogen-bond acceptors (Lipinski definition) is 2. The van der Waals surface area contributed by atoms with Crippen molar-refractivity contribution in [3.05, 3.63) is 35.9 Å². The molecule has 1 aromatic rings. The van der Waals surface area contributed by atoms with Crippen molar-refractivity contribution in [2.24, 2.45) is 4.99 Å². The minimum Gasteiger partial charge on any atom is -0.346 e. The number of rotatable bonds is 0. The Kier molecular flexibility index (Phi) is 1.47. The van der Waals surface area contributed by atoms with Gasteiger partial charge in [0.2, 0.25) is 0 Å². The first-order valence-electron chi connectivity index (χ1n) is 3.86. The van der Waals surface area contributed by atoms with Crippen LogP contribution in [-0.2, 0) is 0 Å². The predicted molar refractivity (Wildman–Crippen MR) is 51.5 cm³/mol. The third-order valence-electron chi connectivity index (χ3n) is 1.92. The lowest BCUT2D eigenvalue weighted by Crippen LogP contribution is -2.11. The minimum atomic E-state index is 0.917. The third-order valence-corrected chi connectivity index (χ3v) is 1.92. The van der Waals surface area contributed by atoms with Crippen LogP contribution in [0.1, 0.15) is 11.1 Å². The summed E-state index contributed by atoms with van der Waals surface area (Å²) in [6, 6.07) is 6.15. The molecule has 1 aliphatic rings. The summed E-state index contributed by atoms with van der Waals surface area (Å²) in [6.45, 7) is 5.94. The molecule has 0 bridgehead atoms. The molecule has 60 valence electrons. The largest absolute Gasteiger partial charge is 0.346 e. The fourth-order valence-electron chi connectivity index (χ4n) is 1.26. The van der Waals surface area contributed by atoms with Gasteiger partial charge in [-0.05, 0) is 18.6 Å². The number of nitrogens with zero attached hydrogens (tertiary/aromatic N) is 1. The molecule has 1 N–H and O–H groups in total. The van der Waals surface area contributed by atoms with Crippen LogP contribution in [0, 0.1) is 6.92 Å². The second kappa shape index (κ2) is 2.48. The molecule has 2 nitrogen and oxygen atoms in total. The van der Waals surface area contributed by atoms with Crippen LogP contribution in [0.25, 0.3) is 5.70 Å². The van der Waals surface area contributed by atoms with E-state index in [-0.39, 0.29) is 0 Å². The SMILES string of the molecule is C=C1NC=Nc2cc(C)ccc21. The van der Waals surface area contributed by atoms with E-state index < -0.39 is 0 Å². The first-order chi connectivity index (χ1) is 5.77. The number of aliphatic imine (C=N–C) groups is 1. The molecule has 0 radical (unpaired) electrons. The predicted octanol–water partition coefficient (Wildman–Crippen LogP) is 2.23. The summed E-state index contributed by atoms with van der Waals surface area (Å²) < 4.78 is 0. The highest BCUT2D eigenvalue weighted by molar-refractivity contribution is 5.86. The van der Waals surface area contributed by atoms with Gasteiger partial charge >= 0.3 is 0 Å². The number of fused-ring (bicyclic) bond motifs is 1. The zero-order valence-corrected chi connectivity index (χ0v) is 6.96. The molecule has 0 atom stereocenters. The Morgan fingerprint density at radius 3 is 3.08 bits per heavy atom. The molecule has 0 aromatic heterocycles. The molecule has 2 rings (SSSR count). The van der Waals surface area contributed by atoms with E-state index in [0.717, 1.165) is 16.9 Å². The van der Waals surface area contributed by atoms with Crippen LogP contribution < -0.4 is 5.32 Å². The summed E-state index contributed by atoms with van der Waals surface area (Å²) in [5, 5.41) is 2.97. The number of nitrogens with one attached hydrogen (secondary N) is 1. The van der Waals surface area contributed by atoms with Crippen LogP contribution in [0.2, 0.25) is 0 Å². The molecule has 1 heterocycles. The highest BCUT2D eigenvalue weighted by Gasteiger charge is 2.07. The molecule has 1 aliphatic heterocycles. The first kappa shape index (κ1) is 7.10. The van der Waals surface area contributed by atoms with Crippen LogP contribution in [-0.4, -0.2) is 6.34 Å². The van der Waals surface area contributed by atoms with Gasteiger partial charge in [0.1, 0.15) is 0 Å². The van der Waals surface area contributed by atoms with Gasteiger partial charge in [-0.15, -0.1) is 0 Å². The summed E-state index contributed by atoms with van der Waals surface area (Å²) in [4.78, 5) is 4.21.